The fourth-order valence-electron chi connectivity index (χ4n) is 0.914. The highest BCUT2D eigenvalue weighted by molar-refractivity contribution is 5.24. The molecule has 0 saturated carbocycles. The van der Waals surface area contributed by atoms with Gasteiger partial charge >= 0.3 is 0 Å². The van der Waals surface area contributed by atoms with Gasteiger partial charge in [-0.3, -0.25) is 0 Å². The fraction of sp³-hybridized carbons (Fsp3) is 0.222. The van der Waals surface area contributed by atoms with Crippen molar-refractivity contribution in [2.75, 3.05) is 0 Å². The monoisotopic (exact) mass is 149 g/mol. The molecule has 0 aliphatic heterocycles. The van der Waals surface area contributed by atoms with E-state index in [0.717, 1.165) is 5.56 Å². The molecule has 0 aliphatic rings. The second-order valence-electron chi connectivity index (χ2n) is 2.29. The summed E-state index contributed by atoms with van der Waals surface area (Å²) in [5.41, 5.74) is 1.51. The van der Waals surface area contributed by atoms with Crippen LogP contribution >= 0.6 is 0 Å². The number of halogens is 1. The quantitative estimate of drug-likeness (QED) is 0.632. The summed E-state index contributed by atoms with van der Waals surface area (Å²) in [5.74, 6) is 0. The van der Waals surface area contributed by atoms with E-state index in [1.807, 2.05) is 12.1 Å². The summed E-state index contributed by atoms with van der Waals surface area (Å²) in [6.07, 6.45) is 0.355. The molecule has 0 saturated heterocycles. The minimum atomic E-state index is -0.459. The topological polar surface area (TPSA) is 23.8 Å². The maximum absolute atomic E-state index is 12.1. The Morgan fingerprint density at radius 1 is 1.36 bits per heavy atom. The highest BCUT2D eigenvalue weighted by Crippen LogP contribution is 2.06. The summed E-state index contributed by atoms with van der Waals surface area (Å²) < 4.78 is 12.1. The Hall–Kier alpha value is -1.36. The van der Waals surface area contributed by atoms with Crippen LogP contribution in [0.5, 0.6) is 0 Å². The molecule has 0 aliphatic carbocycles. The summed E-state index contributed by atoms with van der Waals surface area (Å²) in [5, 5.41) is 8.34. The van der Waals surface area contributed by atoms with E-state index in [1.54, 1.807) is 18.2 Å². The number of nitriles is 1. The number of alkyl halides is 1. The molecule has 0 radical (unpaired) electrons. The van der Waals surface area contributed by atoms with Crippen molar-refractivity contribution in [2.24, 2.45) is 0 Å². The molecule has 0 bridgehead atoms. The van der Waals surface area contributed by atoms with Crippen LogP contribution in [0.15, 0.2) is 24.3 Å². The van der Waals surface area contributed by atoms with Gasteiger partial charge in [-0.2, -0.15) is 5.26 Å². The highest BCUT2D eigenvalue weighted by atomic mass is 19.1. The molecule has 0 unspecified atom stereocenters. The summed E-state index contributed by atoms with van der Waals surface area (Å²) in [7, 11) is 0. The van der Waals surface area contributed by atoms with Crippen molar-refractivity contribution < 1.29 is 4.39 Å². The molecule has 0 amide bonds. The zero-order valence-corrected chi connectivity index (χ0v) is 6.05. The Morgan fingerprint density at radius 2 is 2.09 bits per heavy atom. The first kappa shape index (κ1) is 7.74. The number of hydrogen-bond donors (Lipinski definition) is 0. The van der Waals surface area contributed by atoms with Crippen LogP contribution in [-0.2, 0) is 13.1 Å². The lowest BCUT2D eigenvalue weighted by Crippen LogP contribution is -1.83. The standard InChI is InChI=1S/C9H8FN/c10-7-9-3-1-2-8(6-9)4-5-11/h1-3,6H,4,7H2. The number of rotatable bonds is 2. The number of benzene rings is 1. The first-order valence-electron chi connectivity index (χ1n) is 3.37. The molecule has 0 N–H and O–H groups in total. The van der Waals surface area contributed by atoms with E-state index in [2.05, 4.69) is 0 Å². The van der Waals surface area contributed by atoms with Gasteiger partial charge in [0.1, 0.15) is 6.67 Å². The van der Waals surface area contributed by atoms with Crippen molar-refractivity contribution in [3.63, 3.8) is 0 Å². The molecular weight excluding hydrogens is 141 g/mol. The van der Waals surface area contributed by atoms with Crippen molar-refractivity contribution in [1.29, 1.82) is 5.26 Å². The minimum Gasteiger partial charge on any atom is -0.246 e. The maximum atomic E-state index is 12.1. The summed E-state index contributed by atoms with van der Waals surface area (Å²) in [6, 6.07) is 9.02. The average Bonchev–Trinajstić information content (AvgIpc) is 2.06. The van der Waals surface area contributed by atoms with Crippen LogP contribution in [0.25, 0.3) is 0 Å². The summed E-state index contributed by atoms with van der Waals surface area (Å²) in [6.45, 7) is -0.459. The molecule has 11 heavy (non-hydrogen) atoms. The van der Waals surface area contributed by atoms with E-state index >= 15 is 0 Å². The maximum Gasteiger partial charge on any atom is 0.115 e. The Bertz CT molecular complexity index is 275. The molecule has 2 heteroatoms. The van der Waals surface area contributed by atoms with Gasteiger partial charge < -0.3 is 0 Å². The van der Waals surface area contributed by atoms with Gasteiger partial charge in [-0.05, 0) is 11.1 Å². The van der Waals surface area contributed by atoms with E-state index < -0.39 is 6.67 Å². The lowest BCUT2D eigenvalue weighted by molar-refractivity contribution is 0.485. The third-order valence-electron chi connectivity index (χ3n) is 1.43. The van der Waals surface area contributed by atoms with E-state index in [1.165, 1.54) is 0 Å². The molecular formula is C9H8FN. The fourth-order valence-corrected chi connectivity index (χ4v) is 0.914. The lowest BCUT2D eigenvalue weighted by Gasteiger charge is -1.96. The predicted molar refractivity (Wildman–Crippen MR) is 40.6 cm³/mol. The van der Waals surface area contributed by atoms with Crippen LogP contribution in [0.2, 0.25) is 0 Å². The van der Waals surface area contributed by atoms with Crippen LogP contribution < -0.4 is 0 Å². The molecule has 1 rings (SSSR count). The number of nitrogens with zero attached hydrogens (tertiary/aromatic N) is 1. The van der Waals surface area contributed by atoms with Gasteiger partial charge in [0, 0.05) is 0 Å². The SMILES string of the molecule is N#CCc1cccc(CF)c1. The second kappa shape index (κ2) is 3.72. The minimum absolute atomic E-state index is 0.355. The number of hydrogen-bond acceptors (Lipinski definition) is 1. The van der Waals surface area contributed by atoms with E-state index in [0.29, 0.717) is 12.0 Å². The van der Waals surface area contributed by atoms with Gasteiger partial charge in [-0.1, -0.05) is 24.3 Å². The molecule has 0 spiro atoms. The van der Waals surface area contributed by atoms with Crippen LogP contribution in [0.4, 0.5) is 4.39 Å². The van der Waals surface area contributed by atoms with Crippen LogP contribution in [0.1, 0.15) is 11.1 Å². The van der Waals surface area contributed by atoms with Crippen molar-refractivity contribution in [1.82, 2.24) is 0 Å². The largest absolute Gasteiger partial charge is 0.246 e. The Kier molecular flexibility index (Phi) is 2.62. The summed E-state index contributed by atoms with van der Waals surface area (Å²) >= 11 is 0. The van der Waals surface area contributed by atoms with Crippen molar-refractivity contribution in [3.8, 4) is 6.07 Å². The van der Waals surface area contributed by atoms with Crippen molar-refractivity contribution >= 4 is 0 Å². The van der Waals surface area contributed by atoms with Gasteiger partial charge in [0.25, 0.3) is 0 Å². The van der Waals surface area contributed by atoms with Gasteiger partial charge in [0.2, 0.25) is 0 Å². The average molecular weight is 149 g/mol. The molecule has 1 aromatic rings. The predicted octanol–water partition coefficient (Wildman–Crippen LogP) is 2.22. The van der Waals surface area contributed by atoms with Gasteiger partial charge in [0.15, 0.2) is 0 Å². The third kappa shape index (κ3) is 2.05. The Balaban J connectivity index is 2.84. The van der Waals surface area contributed by atoms with Gasteiger partial charge in [0.05, 0.1) is 12.5 Å². The third-order valence-corrected chi connectivity index (χ3v) is 1.43. The Labute approximate surface area is 65.1 Å². The zero-order valence-electron chi connectivity index (χ0n) is 6.05. The van der Waals surface area contributed by atoms with Crippen molar-refractivity contribution in [2.45, 2.75) is 13.1 Å². The molecule has 0 atom stereocenters. The van der Waals surface area contributed by atoms with Crippen LogP contribution in [0, 0.1) is 11.3 Å². The van der Waals surface area contributed by atoms with E-state index in [-0.39, 0.29) is 0 Å². The van der Waals surface area contributed by atoms with E-state index in [4.69, 9.17) is 5.26 Å². The molecule has 1 nitrogen and oxygen atoms in total. The zero-order chi connectivity index (χ0) is 8.10. The van der Waals surface area contributed by atoms with Crippen molar-refractivity contribution in [3.05, 3.63) is 35.4 Å². The summed E-state index contributed by atoms with van der Waals surface area (Å²) in [4.78, 5) is 0. The molecule has 0 heterocycles. The van der Waals surface area contributed by atoms with Gasteiger partial charge in [-0.15, -0.1) is 0 Å². The molecule has 0 aromatic heterocycles. The smallest absolute Gasteiger partial charge is 0.115 e. The van der Waals surface area contributed by atoms with Gasteiger partial charge in [-0.25, -0.2) is 4.39 Å². The van der Waals surface area contributed by atoms with E-state index in [9.17, 15) is 4.39 Å². The highest BCUT2D eigenvalue weighted by Gasteiger charge is 1.93. The Morgan fingerprint density at radius 3 is 2.73 bits per heavy atom. The second-order valence-corrected chi connectivity index (χ2v) is 2.29. The first-order chi connectivity index (χ1) is 5.36. The molecule has 56 valence electrons. The molecule has 1 aromatic carbocycles. The lowest BCUT2D eigenvalue weighted by atomic mass is 10.1. The van der Waals surface area contributed by atoms with Crippen LogP contribution in [-0.4, -0.2) is 0 Å². The first-order valence-corrected chi connectivity index (χ1v) is 3.37. The van der Waals surface area contributed by atoms with Crippen LogP contribution in [0.3, 0.4) is 0 Å². The molecule has 0 fully saturated rings. The normalized spacial score (nSPS) is 9.09.